The fraction of sp³-hybridized carbons (Fsp3) is 0.316. The van der Waals surface area contributed by atoms with Crippen molar-refractivity contribution in [1.82, 2.24) is 9.88 Å². The standard InChI is InChI=1S/C19H21N3O/c1-21-8-10-22(11-9-21)17-6-5-15-13-19(23-14-16(15)12-17)18-4-2-3-7-20-18/h2-7,12-13H,8-11,14H2,1H3. The van der Waals surface area contributed by atoms with Crippen molar-refractivity contribution in [3.63, 3.8) is 0 Å². The average molecular weight is 307 g/mol. The highest BCUT2D eigenvalue weighted by Gasteiger charge is 2.18. The number of pyridine rings is 1. The van der Waals surface area contributed by atoms with E-state index in [-0.39, 0.29) is 0 Å². The zero-order valence-electron chi connectivity index (χ0n) is 13.4. The van der Waals surface area contributed by atoms with E-state index in [0.29, 0.717) is 6.61 Å². The summed E-state index contributed by atoms with van der Waals surface area (Å²) in [7, 11) is 2.18. The molecular formula is C19H21N3O. The van der Waals surface area contributed by atoms with Crippen LogP contribution < -0.4 is 4.90 Å². The number of hydrogen-bond acceptors (Lipinski definition) is 4. The first kappa shape index (κ1) is 14.3. The van der Waals surface area contributed by atoms with E-state index in [1.807, 2.05) is 18.2 Å². The van der Waals surface area contributed by atoms with E-state index in [1.165, 1.54) is 16.8 Å². The number of piperazine rings is 1. The van der Waals surface area contributed by atoms with Crippen LogP contribution in [0, 0.1) is 0 Å². The minimum Gasteiger partial charge on any atom is -0.487 e. The summed E-state index contributed by atoms with van der Waals surface area (Å²) >= 11 is 0. The summed E-state index contributed by atoms with van der Waals surface area (Å²) in [5, 5.41) is 0. The number of likely N-dealkylation sites (N-methyl/N-ethyl adjacent to an activating group) is 1. The molecule has 0 N–H and O–H groups in total. The van der Waals surface area contributed by atoms with Crippen LogP contribution in [0.3, 0.4) is 0 Å². The topological polar surface area (TPSA) is 28.6 Å². The van der Waals surface area contributed by atoms with Crippen molar-refractivity contribution >= 4 is 17.5 Å². The summed E-state index contributed by atoms with van der Waals surface area (Å²) in [6, 6.07) is 12.6. The van der Waals surface area contributed by atoms with Gasteiger partial charge in [0.1, 0.15) is 18.1 Å². The van der Waals surface area contributed by atoms with E-state index >= 15 is 0 Å². The highest BCUT2D eigenvalue weighted by atomic mass is 16.5. The third kappa shape index (κ3) is 2.94. The van der Waals surface area contributed by atoms with Gasteiger partial charge in [0.15, 0.2) is 0 Å². The lowest BCUT2D eigenvalue weighted by Gasteiger charge is -2.34. The molecule has 1 aromatic carbocycles. The average Bonchev–Trinajstić information content (AvgIpc) is 2.62. The smallest absolute Gasteiger partial charge is 0.146 e. The predicted molar refractivity (Wildman–Crippen MR) is 93.0 cm³/mol. The maximum atomic E-state index is 5.92. The number of hydrogen-bond donors (Lipinski definition) is 0. The lowest BCUT2D eigenvalue weighted by molar-refractivity contribution is 0.261. The van der Waals surface area contributed by atoms with Gasteiger partial charge < -0.3 is 14.5 Å². The van der Waals surface area contributed by atoms with Crippen LogP contribution in [0.15, 0.2) is 42.6 Å². The fourth-order valence-electron chi connectivity index (χ4n) is 3.11. The van der Waals surface area contributed by atoms with Crippen LogP contribution >= 0.6 is 0 Å². The Kier molecular flexibility index (Phi) is 3.75. The minimum absolute atomic E-state index is 0.610. The Morgan fingerprint density at radius 1 is 1.04 bits per heavy atom. The van der Waals surface area contributed by atoms with Crippen molar-refractivity contribution in [3.8, 4) is 0 Å². The molecule has 1 aromatic heterocycles. The number of fused-ring (bicyclic) bond motifs is 1. The lowest BCUT2D eigenvalue weighted by Crippen LogP contribution is -2.44. The van der Waals surface area contributed by atoms with Gasteiger partial charge in [-0.15, -0.1) is 0 Å². The first-order valence-corrected chi connectivity index (χ1v) is 8.12. The number of nitrogens with zero attached hydrogens (tertiary/aromatic N) is 3. The molecule has 3 heterocycles. The van der Waals surface area contributed by atoms with Crippen LogP contribution in [0.1, 0.15) is 16.8 Å². The third-order valence-corrected chi connectivity index (χ3v) is 4.58. The molecule has 4 heteroatoms. The van der Waals surface area contributed by atoms with Crippen LogP contribution in [-0.2, 0) is 11.3 Å². The van der Waals surface area contributed by atoms with E-state index in [1.54, 1.807) is 6.20 Å². The van der Waals surface area contributed by atoms with E-state index in [9.17, 15) is 0 Å². The van der Waals surface area contributed by atoms with Crippen LogP contribution in [-0.4, -0.2) is 43.1 Å². The maximum absolute atomic E-state index is 5.92. The van der Waals surface area contributed by atoms with Crippen molar-refractivity contribution in [2.24, 2.45) is 0 Å². The molecule has 1 fully saturated rings. The number of anilines is 1. The summed E-state index contributed by atoms with van der Waals surface area (Å²) in [5.74, 6) is 0.852. The number of ether oxygens (including phenoxy) is 1. The van der Waals surface area contributed by atoms with Crippen LogP contribution in [0.4, 0.5) is 5.69 Å². The molecule has 2 aliphatic rings. The Balaban J connectivity index is 1.58. The molecule has 2 aliphatic heterocycles. The van der Waals surface area contributed by atoms with Gasteiger partial charge in [-0.2, -0.15) is 0 Å². The molecule has 4 nitrogen and oxygen atoms in total. The normalized spacial score (nSPS) is 18.1. The van der Waals surface area contributed by atoms with Crippen molar-refractivity contribution in [3.05, 3.63) is 59.4 Å². The molecule has 4 rings (SSSR count). The van der Waals surface area contributed by atoms with Crippen molar-refractivity contribution in [1.29, 1.82) is 0 Å². The first-order chi connectivity index (χ1) is 11.3. The Bertz CT molecular complexity index is 719. The zero-order chi connectivity index (χ0) is 15.6. The van der Waals surface area contributed by atoms with Crippen molar-refractivity contribution in [2.75, 3.05) is 38.1 Å². The van der Waals surface area contributed by atoms with Gasteiger partial charge in [0, 0.05) is 38.1 Å². The highest BCUT2D eigenvalue weighted by Crippen LogP contribution is 2.30. The second-order valence-corrected chi connectivity index (χ2v) is 6.19. The second kappa shape index (κ2) is 6.05. The van der Waals surface area contributed by atoms with Gasteiger partial charge in [-0.1, -0.05) is 12.1 Å². The van der Waals surface area contributed by atoms with E-state index in [2.05, 4.69) is 46.1 Å². The molecular weight excluding hydrogens is 286 g/mol. The van der Waals surface area contributed by atoms with E-state index in [4.69, 9.17) is 4.74 Å². The summed E-state index contributed by atoms with van der Waals surface area (Å²) in [4.78, 5) is 9.20. The largest absolute Gasteiger partial charge is 0.487 e. The predicted octanol–water partition coefficient (Wildman–Crippen LogP) is 2.86. The Morgan fingerprint density at radius 2 is 1.91 bits per heavy atom. The monoisotopic (exact) mass is 307 g/mol. The van der Waals surface area contributed by atoms with Gasteiger partial charge in [-0.05, 0) is 48.5 Å². The quantitative estimate of drug-likeness (QED) is 0.853. The molecule has 2 aromatic rings. The summed E-state index contributed by atoms with van der Waals surface area (Å²) < 4.78 is 5.92. The number of benzene rings is 1. The van der Waals surface area contributed by atoms with Crippen LogP contribution in [0.5, 0.6) is 0 Å². The number of rotatable bonds is 2. The van der Waals surface area contributed by atoms with Gasteiger partial charge in [0.25, 0.3) is 0 Å². The number of aromatic nitrogens is 1. The second-order valence-electron chi connectivity index (χ2n) is 6.19. The van der Waals surface area contributed by atoms with Gasteiger partial charge >= 0.3 is 0 Å². The molecule has 23 heavy (non-hydrogen) atoms. The van der Waals surface area contributed by atoms with Crippen LogP contribution in [0.2, 0.25) is 0 Å². The van der Waals surface area contributed by atoms with Crippen LogP contribution in [0.25, 0.3) is 11.8 Å². The maximum Gasteiger partial charge on any atom is 0.146 e. The molecule has 0 atom stereocenters. The Morgan fingerprint density at radius 3 is 2.70 bits per heavy atom. The first-order valence-electron chi connectivity index (χ1n) is 8.12. The Hall–Kier alpha value is -2.33. The molecule has 118 valence electrons. The summed E-state index contributed by atoms with van der Waals surface area (Å²) in [6.45, 7) is 5.03. The van der Waals surface area contributed by atoms with Gasteiger partial charge in [0.05, 0.1) is 0 Å². The molecule has 0 unspecified atom stereocenters. The van der Waals surface area contributed by atoms with Gasteiger partial charge in [-0.3, -0.25) is 4.98 Å². The lowest BCUT2D eigenvalue weighted by atomic mass is 10.0. The summed E-state index contributed by atoms with van der Waals surface area (Å²) in [5.41, 5.74) is 4.67. The third-order valence-electron chi connectivity index (χ3n) is 4.58. The molecule has 0 spiro atoms. The molecule has 0 saturated carbocycles. The van der Waals surface area contributed by atoms with E-state index < -0.39 is 0 Å². The Labute approximate surface area is 137 Å². The molecule has 1 saturated heterocycles. The van der Waals surface area contributed by atoms with Gasteiger partial charge in [0.2, 0.25) is 0 Å². The molecule has 0 bridgehead atoms. The highest BCUT2D eigenvalue weighted by molar-refractivity contribution is 5.79. The van der Waals surface area contributed by atoms with Crippen molar-refractivity contribution < 1.29 is 4.74 Å². The van der Waals surface area contributed by atoms with Gasteiger partial charge in [-0.25, -0.2) is 0 Å². The van der Waals surface area contributed by atoms with E-state index in [0.717, 1.165) is 37.6 Å². The zero-order valence-corrected chi connectivity index (χ0v) is 13.4. The minimum atomic E-state index is 0.610. The molecule has 0 radical (unpaired) electrons. The van der Waals surface area contributed by atoms with Crippen molar-refractivity contribution in [2.45, 2.75) is 6.61 Å². The SMILES string of the molecule is CN1CCN(c2ccc3c(c2)COC(c2ccccn2)=C3)CC1. The summed E-state index contributed by atoms with van der Waals surface area (Å²) in [6.07, 6.45) is 3.89. The molecule has 0 amide bonds. The fourth-order valence-corrected chi connectivity index (χ4v) is 3.11. The molecule has 0 aliphatic carbocycles.